The molecule has 0 aliphatic carbocycles. The van der Waals surface area contributed by atoms with Gasteiger partial charge in [0.25, 0.3) is 0 Å². The van der Waals surface area contributed by atoms with E-state index < -0.39 is 5.79 Å². The number of hydrogen-bond donors (Lipinski definition) is 1. The Kier molecular flexibility index (Phi) is 4.33. The lowest BCUT2D eigenvalue weighted by atomic mass is 10.0. The number of carbonyl (C=O) groups excluding carboxylic acids is 1. The van der Waals surface area contributed by atoms with E-state index in [0.717, 1.165) is 12.8 Å². The van der Waals surface area contributed by atoms with E-state index in [1.807, 2.05) is 0 Å². The second-order valence-electron chi connectivity index (χ2n) is 4.26. The Morgan fingerprint density at radius 1 is 1.29 bits per heavy atom. The van der Waals surface area contributed by atoms with Crippen LogP contribution in [0.15, 0.2) is 0 Å². The third kappa shape index (κ3) is 3.16. The van der Waals surface area contributed by atoms with Crippen LogP contribution in [0.5, 0.6) is 0 Å². The minimum Gasteiger partial charge on any atom is -0.394 e. The monoisotopic (exact) mass is 245 g/mol. The Bertz CT molecular complexity index is 255. The van der Waals surface area contributed by atoms with Crippen molar-refractivity contribution in [2.75, 3.05) is 46.1 Å². The van der Waals surface area contributed by atoms with Crippen molar-refractivity contribution < 1.29 is 24.1 Å². The number of piperidine rings is 1. The van der Waals surface area contributed by atoms with Gasteiger partial charge in [-0.2, -0.15) is 0 Å². The molecule has 2 fully saturated rings. The third-order valence-corrected chi connectivity index (χ3v) is 3.15. The molecule has 0 saturated carbocycles. The normalized spacial score (nSPS) is 23.2. The van der Waals surface area contributed by atoms with E-state index in [4.69, 9.17) is 19.3 Å². The summed E-state index contributed by atoms with van der Waals surface area (Å²) in [6.07, 6.45) is 1.44. The van der Waals surface area contributed by atoms with E-state index >= 15 is 0 Å². The number of nitrogens with zero attached hydrogens (tertiary/aromatic N) is 1. The number of amides is 1. The molecule has 0 bridgehead atoms. The molecule has 1 N–H and O–H groups in total. The SMILES string of the molecule is O=C(COCCO)N1CCC2(CC1)OCCO2. The van der Waals surface area contributed by atoms with Crippen molar-refractivity contribution in [3.63, 3.8) is 0 Å². The zero-order chi connectivity index (χ0) is 12.1. The van der Waals surface area contributed by atoms with E-state index in [1.165, 1.54) is 0 Å². The fraction of sp³-hybridized carbons (Fsp3) is 0.909. The summed E-state index contributed by atoms with van der Waals surface area (Å²) in [6.45, 7) is 2.76. The molecule has 17 heavy (non-hydrogen) atoms. The van der Waals surface area contributed by atoms with Crippen molar-refractivity contribution in [1.82, 2.24) is 4.90 Å². The molecule has 0 atom stereocenters. The lowest BCUT2D eigenvalue weighted by Crippen LogP contribution is -2.48. The molecule has 2 heterocycles. The molecule has 2 aliphatic heterocycles. The second-order valence-corrected chi connectivity index (χ2v) is 4.26. The quantitative estimate of drug-likeness (QED) is 0.667. The van der Waals surface area contributed by atoms with Gasteiger partial charge in [-0.3, -0.25) is 4.79 Å². The van der Waals surface area contributed by atoms with Gasteiger partial charge in [0.05, 0.1) is 26.4 Å². The largest absolute Gasteiger partial charge is 0.394 e. The third-order valence-electron chi connectivity index (χ3n) is 3.15. The molecule has 2 saturated heterocycles. The van der Waals surface area contributed by atoms with Crippen LogP contribution in [-0.2, 0) is 19.0 Å². The molecule has 2 rings (SSSR count). The molecule has 1 spiro atoms. The van der Waals surface area contributed by atoms with Crippen LogP contribution in [0.2, 0.25) is 0 Å². The van der Waals surface area contributed by atoms with Crippen molar-refractivity contribution in [3.8, 4) is 0 Å². The molecule has 1 amide bonds. The van der Waals surface area contributed by atoms with Crippen molar-refractivity contribution in [2.24, 2.45) is 0 Å². The Morgan fingerprint density at radius 2 is 1.94 bits per heavy atom. The Balaban J connectivity index is 1.72. The number of aliphatic hydroxyl groups excluding tert-OH is 1. The molecule has 6 heteroatoms. The Hall–Kier alpha value is -0.690. The number of likely N-dealkylation sites (tertiary alicyclic amines) is 1. The smallest absolute Gasteiger partial charge is 0.248 e. The summed E-state index contributed by atoms with van der Waals surface area (Å²) < 4.78 is 16.2. The number of aliphatic hydroxyl groups is 1. The molecule has 6 nitrogen and oxygen atoms in total. The van der Waals surface area contributed by atoms with Gasteiger partial charge >= 0.3 is 0 Å². The maximum atomic E-state index is 11.7. The predicted molar refractivity (Wildman–Crippen MR) is 58.4 cm³/mol. The molecule has 0 radical (unpaired) electrons. The molecule has 2 aliphatic rings. The number of ether oxygens (including phenoxy) is 3. The molecular formula is C11H19NO5. The highest BCUT2D eigenvalue weighted by molar-refractivity contribution is 5.77. The van der Waals surface area contributed by atoms with Crippen LogP contribution in [-0.4, -0.2) is 67.8 Å². The van der Waals surface area contributed by atoms with E-state index in [0.29, 0.717) is 26.3 Å². The number of carbonyl (C=O) groups is 1. The summed E-state index contributed by atoms with van der Waals surface area (Å²) in [5.74, 6) is -0.478. The average molecular weight is 245 g/mol. The topological polar surface area (TPSA) is 68.2 Å². The molecule has 0 unspecified atom stereocenters. The highest BCUT2D eigenvalue weighted by atomic mass is 16.7. The minimum absolute atomic E-state index is 0.0358. The van der Waals surface area contributed by atoms with Crippen LogP contribution >= 0.6 is 0 Å². The summed E-state index contributed by atoms with van der Waals surface area (Å²) in [6, 6.07) is 0. The maximum absolute atomic E-state index is 11.7. The first-order valence-corrected chi connectivity index (χ1v) is 6.00. The van der Waals surface area contributed by atoms with Crippen molar-refractivity contribution in [1.29, 1.82) is 0 Å². The fourth-order valence-electron chi connectivity index (χ4n) is 2.20. The summed E-state index contributed by atoms with van der Waals surface area (Å²) in [5.41, 5.74) is 0. The van der Waals surface area contributed by atoms with E-state index in [1.54, 1.807) is 4.90 Å². The first kappa shape index (κ1) is 12.8. The first-order valence-electron chi connectivity index (χ1n) is 6.00. The van der Waals surface area contributed by atoms with Gasteiger partial charge in [0.1, 0.15) is 6.61 Å². The lowest BCUT2D eigenvalue weighted by molar-refractivity contribution is -0.188. The van der Waals surface area contributed by atoms with Gasteiger partial charge in [-0.15, -0.1) is 0 Å². The van der Waals surface area contributed by atoms with Crippen molar-refractivity contribution in [2.45, 2.75) is 18.6 Å². The van der Waals surface area contributed by atoms with Crippen molar-refractivity contribution in [3.05, 3.63) is 0 Å². The standard InChI is InChI=1S/C11H19NO5/c13-5-6-15-9-10(14)12-3-1-11(2-4-12)16-7-8-17-11/h13H,1-9H2. The molecule has 98 valence electrons. The van der Waals surface area contributed by atoms with Crippen LogP contribution in [0.3, 0.4) is 0 Å². The zero-order valence-corrected chi connectivity index (χ0v) is 9.89. The minimum atomic E-state index is -0.442. The second kappa shape index (κ2) is 5.77. The van der Waals surface area contributed by atoms with Crippen LogP contribution in [0.25, 0.3) is 0 Å². The Morgan fingerprint density at radius 3 is 2.53 bits per heavy atom. The highest BCUT2D eigenvalue weighted by Crippen LogP contribution is 2.31. The van der Waals surface area contributed by atoms with Crippen LogP contribution in [0.4, 0.5) is 0 Å². The first-order chi connectivity index (χ1) is 8.26. The molecule has 0 aromatic heterocycles. The maximum Gasteiger partial charge on any atom is 0.248 e. The molecular weight excluding hydrogens is 226 g/mol. The van der Waals surface area contributed by atoms with Crippen molar-refractivity contribution >= 4 is 5.91 Å². The van der Waals surface area contributed by atoms with Crippen LogP contribution < -0.4 is 0 Å². The number of hydrogen-bond acceptors (Lipinski definition) is 5. The predicted octanol–water partition coefficient (Wildman–Crippen LogP) is -0.639. The van der Waals surface area contributed by atoms with Gasteiger partial charge in [-0.25, -0.2) is 0 Å². The summed E-state index contributed by atoms with van der Waals surface area (Å²) in [5, 5.41) is 8.55. The number of rotatable bonds is 4. The fourth-order valence-corrected chi connectivity index (χ4v) is 2.20. The van der Waals surface area contributed by atoms with Gasteiger partial charge in [0.15, 0.2) is 5.79 Å². The van der Waals surface area contributed by atoms with Gasteiger partial charge in [0, 0.05) is 25.9 Å². The molecule has 0 aromatic carbocycles. The van der Waals surface area contributed by atoms with E-state index in [9.17, 15) is 4.79 Å². The van der Waals surface area contributed by atoms with Gasteiger partial charge in [-0.05, 0) is 0 Å². The lowest BCUT2D eigenvalue weighted by Gasteiger charge is -2.37. The highest BCUT2D eigenvalue weighted by Gasteiger charge is 2.40. The summed E-state index contributed by atoms with van der Waals surface area (Å²) in [4.78, 5) is 13.5. The zero-order valence-electron chi connectivity index (χ0n) is 9.89. The summed E-state index contributed by atoms with van der Waals surface area (Å²) in [7, 11) is 0. The average Bonchev–Trinajstić information content (AvgIpc) is 2.79. The van der Waals surface area contributed by atoms with Crippen LogP contribution in [0, 0.1) is 0 Å². The molecule has 0 aromatic rings. The van der Waals surface area contributed by atoms with E-state index in [-0.39, 0.29) is 25.7 Å². The van der Waals surface area contributed by atoms with E-state index in [2.05, 4.69) is 0 Å². The van der Waals surface area contributed by atoms with Gasteiger partial charge in [0.2, 0.25) is 5.91 Å². The summed E-state index contributed by atoms with van der Waals surface area (Å²) >= 11 is 0. The Labute approximate surface area is 100 Å². The van der Waals surface area contributed by atoms with Gasteiger partial charge in [-0.1, -0.05) is 0 Å². The van der Waals surface area contributed by atoms with Gasteiger partial charge < -0.3 is 24.2 Å². The van der Waals surface area contributed by atoms with Crippen LogP contribution in [0.1, 0.15) is 12.8 Å².